The summed E-state index contributed by atoms with van der Waals surface area (Å²) in [6, 6.07) is 5.99. The number of carbonyl (C=O) groups is 1. The average Bonchev–Trinajstić information content (AvgIpc) is 2.85. The van der Waals surface area contributed by atoms with Crippen LogP contribution in [0.2, 0.25) is 0 Å². The molecule has 0 unspecified atom stereocenters. The van der Waals surface area contributed by atoms with Crippen molar-refractivity contribution in [2.45, 2.75) is 12.8 Å². The minimum atomic E-state index is -4.36. The molecule has 1 aromatic carbocycles. The van der Waals surface area contributed by atoms with Gasteiger partial charge in [0.15, 0.2) is 0 Å². The normalized spacial score (nSPS) is 11.3. The van der Waals surface area contributed by atoms with E-state index in [0.29, 0.717) is 11.3 Å². The van der Waals surface area contributed by atoms with Gasteiger partial charge in [-0.1, -0.05) is 12.1 Å². The van der Waals surface area contributed by atoms with Crippen LogP contribution in [0.15, 0.2) is 35.7 Å². The van der Waals surface area contributed by atoms with E-state index in [4.69, 9.17) is 9.84 Å². The third-order valence-electron chi connectivity index (χ3n) is 2.47. The fourth-order valence-electron chi connectivity index (χ4n) is 1.46. The zero-order valence-electron chi connectivity index (χ0n) is 9.98. The molecule has 3 nitrogen and oxygen atoms in total. The number of hydrogen-bond donors (Lipinski definition) is 1. The molecule has 2 aromatic rings. The second-order valence-corrected chi connectivity index (χ2v) is 4.85. The summed E-state index contributed by atoms with van der Waals surface area (Å²) in [6.45, 7) is 0.0773. The van der Waals surface area contributed by atoms with E-state index >= 15 is 0 Å². The zero-order valence-corrected chi connectivity index (χ0v) is 10.8. The van der Waals surface area contributed by atoms with Gasteiger partial charge in [-0.25, -0.2) is 4.79 Å². The maximum absolute atomic E-state index is 12.4. The molecule has 0 aliphatic heterocycles. The number of aromatic carboxylic acids is 1. The third-order valence-corrected chi connectivity index (χ3v) is 3.37. The van der Waals surface area contributed by atoms with Crippen molar-refractivity contribution in [2.75, 3.05) is 0 Å². The van der Waals surface area contributed by atoms with Crippen LogP contribution in [0.25, 0.3) is 0 Å². The first-order valence-corrected chi connectivity index (χ1v) is 6.35. The van der Waals surface area contributed by atoms with Gasteiger partial charge in [-0.05, 0) is 17.7 Å². The maximum Gasteiger partial charge on any atom is 0.416 e. The van der Waals surface area contributed by atoms with Gasteiger partial charge in [0.25, 0.3) is 0 Å². The van der Waals surface area contributed by atoms with Gasteiger partial charge in [0, 0.05) is 11.4 Å². The first-order valence-electron chi connectivity index (χ1n) is 5.47. The smallest absolute Gasteiger partial charge is 0.416 e. The quantitative estimate of drug-likeness (QED) is 0.927. The van der Waals surface area contributed by atoms with Gasteiger partial charge in [0.05, 0.1) is 5.56 Å². The van der Waals surface area contributed by atoms with Gasteiger partial charge in [0.1, 0.15) is 17.2 Å². The summed E-state index contributed by atoms with van der Waals surface area (Å²) in [5, 5.41) is 10.3. The van der Waals surface area contributed by atoms with Gasteiger partial charge in [-0.2, -0.15) is 13.2 Å². The highest BCUT2D eigenvalue weighted by molar-refractivity contribution is 7.12. The van der Waals surface area contributed by atoms with Crippen LogP contribution in [-0.2, 0) is 12.8 Å². The second kappa shape index (κ2) is 5.54. The van der Waals surface area contributed by atoms with Crippen LogP contribution in [0.3, 0.4) is 0 Å². The minimum absolute atomic E-state index is 0.0773. The summed E-state index contributed by atoms with van der Waals surface area (Å²) in [5.74, 6) is -0.660. The van der Waals surface area contributed by atoms with Gasteiger partial charge in [-0.15, -0.1) is 11.3 Å². The Morgan fingerprint density at radius 1 is 1.25 bits per heavy atom. The van der Waals surface area contributed by atoms with Crippen molar-refractivity contribution in [3.63, 3.8) is 0 Å². The van der Waals surface area contributed by atoms with E-state index in [1.54, 1.807) is 0 Å². The Morgan fingerprint density at radius 3 is 2.40 bits per heavy atom. The molecule has 0 saturated heterocycles. The summed E-state index contributed by atoms with van der Waals surface area (Å²) in [5.41, 5.74) is -0.147. The van der Waals surface area contributed by atoms with Gasteiger partial charge in [0.2, 0.25) is 0 Å². The second-order valence-electron chi connectivity index (χ2n) is 3.94. The lowest BCUT2D eigenvalue weighted by Gasteiger charge is -2.08. The standard InChI is InChI=1S/C13H9F3O3S/c14-13(15,16)9-3-1-8(2-4-9)6-19-10-5-11(12(17)18)20-7-10/h1-5,7H,6H2,(H,17,18). The Hall–Kier alpha value is -2.02. The number of carboxylic acids is 1. The van der Waals surface area contributed by atoms with Crippen LogP contribution in [0.5, 0.6) is 5.75 Å². The van der Waals surface area contributed by atoms with Crippen molar-refractivity contribution >= 4 is 17.3 Å². The van der Waals surface area contributed by atoms with Crippen molar-refractivity contribution in [3.05, 3.63) is 51.7 Å². The van der Waals surface area contributed by atoms with E-state index in [1.807, 2.05) is 0 Å². The summed E-state index contributed by atoms with van der Waals surface area (Å²) >= 11 is 1.03. The number of hydrogen-bond acceptors (Lipinski definition) is 3. The molecule has 0 aliphatic rings. The molecule has 0 fully saturated rings. The number of benzene rings is 1. The third kappa shape index (κ3) is 3.51. The van der Waals surface area contributed by atoms with Crippen molar-refractivity contribution in [1.29, 1.82) is 0 Å². The molecule has 20 heavy (non-hydrogen) atoms. The lowest BCUT2D eigenvalue weighted by atomic mass is 10.1. The van der Waals surface area contributed by atoms with Gasteiger partial charge in [-0.3, -0.25) is 0 Å². The molecule has 0 saturated carbocycles. The van der Waals surface area contributed by atoms with E-state index in [1.165, 1.54) is 23.6 Å². The predicted molar refractivity (Wildman–Crippen MR) is 67.1 cm³/mol. The molecule has 106 valence electrons. The minimum Gasteiger partial charge on any atom is -0.488 e. The molecule has 0 aliphatic carbocycles. The summed E-state index contributed by atoms with van der Waals surface area (Å²) in [4.78, 5) is 10.8. The Bertz CT molecular complexity index is 602. The van der Waals surface area contributed by atoms with Crippen molar-refractivity contribution in [3.8, 4) is 5.75 Å². The number of halogens is 3. The lowest BCUT2D eigenvalue weighted by molar-refractivity contribution is -0.137. The van der Waals surface area contributed by atoms with Crippen LogP contribution >= 0.6 is 11.3 Å². The van der Waals surface area contributed by atoms with Crippen LogP contribution < -0.4 is 4.74 Å². The molecule has 2 rings (SSSR count). The summed E-state index contributed by atoms with van der Waals surface area (Å²) < 4.78 is 42.4. The van der Waals surface area contributed by atoms with Crippen LogP contribution in [0.4, 0.5) is 13.2 Å². The number of rotatable bonds is 4. The van der Waals surface area contributed by atoms with E-state index in [0.717, 1.165) is 23.5 Å². The highest BCUT2D eigenvalue weighted by atomic mass is 32.1. The zero-order chi connectivity index (χ0) is 14.8. The predicted octanol–water partition coefficient (Wildman–Crippen LogP) is 4.04. The fraction of sp³-hybridized carbons (Fsp3) is 0.154. The van der Waals surface area contributed by atoms with Crippen LogP contribution in [0.1, 0.15) is 20.8 Å². The largest absolute Gasteiger partial charge is 0.488 e. The Balaban J connectivity index is 1.98. The van der Waals surface area contributed by atoms with Crippen molar-refractivity contribution in [1.82, 2.24) is 0 Å². The number of thiophene rings is 1. The summed E-state index contributed by atoms with van der Waals surface area (Å²) in [6.07, 6.45) is -4.36. The number of ether oxygens (including phenoxy) is 1. The monoisotopic (exact) mass is 302 g/mol. The molecule has 1 N–H and O–H groups in total. The Morgan fingerprint density at radius 2 is 1.90 bits per heavy atom. The Labute approximate surface area is 116 Å². The van der Waals surface area contributed by atoms with Gasteiger partial charge >= 0.3 is 12.1 Å². The van der Waals surface area contributed by atoms with Crippen molar-refractivity contribution in [2.24, 2.45) is 0 Å². The molecule has 0 amide bonds. The highest BCUT2D eigenvalue weighted by Gasteiger charge is 2.29. The van der Waals surface area contributed by atoms with Crippen LogP contribution in [-0.4, -0.2) is 11.1 Å². The molecule has 0 atom stereocenters. The van der Waals surface area contributed by atoms with E-state index < -0.39 is 17.7 Å². The molecule has 0 bridgehead atoms. The average molecular weight is 302 g/mol. The molecular formula is C13H9F3O3S. The van der Waals surface area contributed by atoms with E-state index in [9.17, 15) is 18.0 Å². The van der Waals surface area contributed by atoms with E-state index in [-0.39, 0.29) is 11.5 Å². The number of alkyl halides is 3. The molecule has 1 heterocycles. The van der Waals surface area contributed by atoms with Crippen molar-refractivity contribution < 1.29 is 27.8 Å². The lowest BCUT2D eigenvalue weighted by Crippen LogP contribution is -2.05. The van der Waals surface area contributed by atoms with E-state index in [2.05, 4.69) is 0 Å². The molecular weight excluding hydrogens is 293 g/mol. The molecule has 0 radical (unpaired) electrons. The molecule has 1 aromatic heterocycles. The first kappa shape index (κ1) is 14.4. The Kier molecular flexibility index (Phi) is 3.99. The number of carboxylic acid groups (broad SMARTS) is 1. The molecule has 7 heteroatoms. The topological polar surface area (TPSA) is 46.5 Å². The first-order chi connectivity index (χ1) is 9.36. The summed E-state index contributed by atoms with van der Waals surface area (Å²) in [7, 11) is 0. The SMILES string of the molecule is O=C(O)c1cc(OCc2ccc(C(F)(F)F)cc2)cs1. The maximum atomic E-state index is 12.4. The van der Waals surface area contributed by atoms with Gasteiger partial charge < -0.3 is 9.84 Å². The fourth-order valence-corrected chi connectivity index (χ4v) is 2.13. The molecule has 0 spiro atoms. The van der Waals surface area contributed by atoms with Crippen LogP contribution in [0, 0.1) is 0 Å². The highest BCUT2D eigenvalue weighted by Crippen LogP contribution is 2.29.